The van der Waals surface area contributed by atoms with Crippen molar-refractivity contribution in [3.63, 3.8) is 0 Å². The minimum Gasteiger partial charge on any atom is -0.253 e. The van der Waals surface area contributed by atoms with Crippen molar-refractivity contribution in [2.45, 2.75) is 13.8 Å². The lowest BCUT2D eigenvalue weighted by atomic mass is 10.0. The molecule has 0 aliphatic carbocycles. The predicted molar refractivity (Wildman–Crippen MR) is 105 cm³/mol. The number of hydrogen-bond acceptors (Lipinski definition) is 4. The molecule has 0 radical (unpaired) electrons. The fourth-order valence-electron chi connectivity index (χ4n) is 2.33. The van der Waals surface area contributed by atoms with Crippen molar-refractivity contribution < 1.29 is 0 Å². The maximum Gasteiger partial charge on any atom is 0.203 e. The Morgan fingerprint density at radius 1 is 1.17 bits per heavy atom. The van der Waals surface area contributed by atoms with Crippen LogP contribution in [0.15, 0.2) is 46.9 Å². The number of nitrogens with zero attached hydrogens (tertiary/aromatic N) is 2. The number of thiazole rings is 1. The number of halogens is 2. The van der Waals surface area contributed by atoms with Crippen LogP contribution in [0.5, 0.6) is 0 Å². The van der Waals surface area contributed by atoms with Crippen LogP contribution in [0.2, 0.25) is 10.0 Å². The summed E-state index contributed by atoms with van der Waals surface area (Å²) in [6.45, 7) is 4.18. The monoisotopic (exact) mass is 375 g/mol. The first-order valence-corrected chi connectivity index (χ1v) is 8.94. The predicted octanol–water partition coefficient (Wildman–Crippen LogP) is 6.18. The van der Waals surface area contributed by atoms with Crippen molar-refractivity contribution in [1.29, 1.82) is 0 Å². The largest absolute Gasteiger partial charge is 0.253 e. The lowest BCUT2D eigenvalue weighted by molar-refractivity contribution is 1.28. The zero-order chi connectivity index (χ0) is 17.1. The minimum absolute atomic E-state index is 0.486. The lowest BCUT2D eigenvalue weighted by Gasteiger charge is -2.03. The number of hydrogen-bond donors (Lipinski definition) is 1. The van der Waals surface area contributed by atoms with Gasteiger partial charge in [-0.3, -0.25) is 5.43 Å². The van der Waals surface area contributed by atoms with Gasteiger partial charge in [-0.25, -0.2) is 4.98 Å². The van der Waals surface area contributed by atoms with E-state index in [0.717, 1.165) is 22.0 Å². The molecule has 0 saturated carbocycles. The lowest BCUT2D eigenvalue weighted by Crippen LogP contribution is -1.91. The van der Waals surface area contributed by atoms with Crippen molar-refractivity contribution in [2.24, 2.45) is 5.10 Å². The highest BCUT2D eigenvalue weighted by molar-refractivity contribution is 7.14. The molecule has 0 bridgehead atoms. The molecule has 2 aromatic carbocycles. The third-order valence-electron chi connectivity index (χ3n) is 3.51. The number of nitrogens with one attached hydrogen (secondary N) is 1. The van der Waals surface area contributed by atoms with Gasteiger partial charge < -0.3 is 0 Å². The molecule has 0 saturated heterocycles. The second-order valence-electron chi connectivity index (χ2n) is 5.37. The molecule has 24 heavy (non-hydrogen) atoms. The topological polar surface area (TPSA) is 37.3 Å². The number of hydrazone groups is 1. The summed E-state index contributed by atoms with van der Waals surface area (Å²) in [5.41, 5.74) is 8.21. The van der Waals surface area contributed by atoms with E-state index in [1.54, 1.807) is 12.3 Å². The van der Waals surface area contributed by atoms with Crippen LogP contribution in [0.4, 0.5) is 5.13 Å². The van der Waals surface area contributed by atoms with E-state index in [9.17, 15) is 0 Å². The van der Waals surface area contributed by atoms with Crippen LogP contribution in [0, 0.1) is 13.8 Å². The summed E-state index contributed by atoms with van der Waals surface area (Å²) >= 11 is 13.6. The maximum atomic E-state index is 6.13. The Morgan fingerprint density at radius 3 is 2.79 bits per heavy atom. The molecule has 1 aromatic heterocycles. The van der Waals surface area contributed by atoms with Crippen LogP contribution in [0.25, 0.3) is 11.3 Å². The number of aromatic nitrogens is 1. The van der Waals surface area contributed by atoms with Gasteiger partial charge in [-0.15, -0.1) is 11.3 Å². The molecule has 0 fully saturated rings. The van der Waals surface area contributed by atoms with E-state index in [-0.39, 0.29) is 0 Å². The highest BCUT2D eigenvalue weighted by Crippen LogP contribution is 2.28. The normalized spacial score (nSPS) is 11.2. The van der Waals surface area contributed by atoms with E-state index in [1.807, 2.05) is 17.5 Å². The number of anilines is 1. The van der Waals surface area contributed by atoms with E-state index in [4.69, 9.17) is 23.2 Å². The molecule has 3 aromatic rings. The molecular weight excluding hydrogens is 361 g/mol. The summed E-state index contributed by atoms with van der Waals surface area (Å²) < 4.78 is 0. The van der Waals surface area contributed by atoms with E-state index >= 15 is 0 Å². The molecular formula is C18H15Cl2N3S. The Bertz CT molecular complexity index is 903. The first-order chi connectivity index (χ1) is 11.5. The van der Waals surface area contributed by atoms with Crippen LogP contribution in [-0.2, 0) is 0 Å². The molecule has 0 aliphatic rings. The summed E-state index contributed by atoms with van der Waals surface area (Å²) in [6.07, 6.45) is 1.63. The molecule has 0 amide bonds. The molecule has 3 rings (SSSR count). The maximum absolute atomic E-state index is 6.13. The molecule has 1 N–H and O–H groups in total. The van der Waals surface area contributed by atoms with Gasteiger partial charge in [0.15, 0.2) is 0 Å². The molecule has 0 spiro atoms. The fourth-order valence-corrected chi connectivity index (χ4v) is 3.34. The van der Waals surface area contributed by atoms with Gasteiger partial charge in [0.2, 0.25) is 5.13 Å². The van der Waals surface area contributed by atoms with Gasteiger partial charge in [0, 0.05) is 16.5 Å². The number of aryl methyl sites for hydroxylation is 2. The molecule has 0 atom stereocenters. The smallest absolute Gasteiger partial charge is 0.203 e. The van der Waals surface area contributed by atoms with E-state index < -0.39 is 0 Å². The summed E-state index contributed by atoms with van der Waals surface area (Å²) in [7, 11) is 0. The van der Waals surface area contributed by atoms with Gasteiger partial charge in [0.1, 0.15) is 0 Å². The van der Waals surface area contributed by atoms with Crippen LogP contribution < -0.4 is 5.43 Å². The van der Waals surface area contributed by atoms with Gasteiger partial charge in [-0.05, 0) is 25.5 Å². The minimum atomic E-state index is 0.486. The number of benzene rings is 2. The average Bonchev–Trinajstić information content (AvgIpc) is 3.00. The van der Waals surface area contributed by atoms with Crippen molar-refractivity contribution >= 4 is 45.9 Å². The standard InChI is InChI=1S/C18H15Cl2N3S/c1-11-6-7-14(12(2)8-11)16-10-24-18(22-16)23-21-9-13-4-3-5-15(19)17(13)20/h3-10H,1-2H3,(H,22,23)/b21-9-. The zero-order valence-corrected chi connectivity index (χ0v) is 15.5. The van der Waals surface area contributed by atoms with Crippen molar-refractivity contribution in [2.75, 3.05) is 5.43 Å². The van der Waals surface area contributed by atoms with Gasteiger partial charge >= 0.3 is 0 Å². The van der Waals surface area contributed by atoms with Gasteiger partial charge in [0.25, 0.3) is 0 Å². The Balaban J connectivity index is 1.74. The Morgan fingerprint density at radius 2 is 2.00 bits per heavy atom. The summed E-state index contributed by atoms with van der Waals surface area (Å²) in [5.74, 6) is 0. The van der Waals surface area contributed by atoms with Gasteiger partial charge in [-0.1, -0.05) is 59.1 Å². The van der Waals surface area contributed by atoms with Crippen LogP contribution in [0.1, 0.15) is 16.7 Å². The van der Waals surface area contributed by atoms with Gasteiger partial charge in [0.05, 0.1) is 22.0 Å². The van der Waals surface area contributed by atoms with E-state index in [1.165, 1.54) is 22.5 Å². The average molecular weight is 376 g/mol. The van der Waals surface area contributed by atoms with Crippen molar-refractivity contribution in [3.8, 4) is 11.3 Å². The van der Waals surface area contributed by atoms with Crippen molar-refractivity contribution in [1.82, 2.24) is 4.98 Å². The Labute approximate surface area is 155 Å². The SMILES string of the molecule is Cc1ccc(-c2csc(N/N=C\c3cccc(Cl)c3Cl)n2)c(C)c1. The number of rotatable bonds is 4. The van der Waals surface area contributed by atoms with Crippen LogP contribution in [0.3, 0.4) is 0 Å². The Hall–Kier alpha value is -1.88. The second kappa shape index (κ2) is 7.34. The molecule has 0 aliphatic heterocycles. The van der Waals surface area contributed by atoms with E-state index in [2.05, 4.69) is 47.6 Å². The molecule has 122 valence electrons. The van der Waals surface area contributed by atoms with Crippen LogP contribution in [-0.4, -0.2) is 11.2 Å². The van der Waals surface area contributed by atoms with Crippen LogP contribution >= 0.6 is 34.5 Å². The molecule has 0 unspecified atom stereocenters. The highest BCUT2D eigenvalue weighted by atomic mass is 35.5. The first-order valence-electron chi connectivity index (χ1n) is 7.31. The van der Waals surface area contributed by atoms with Gasteiger partial charge in [-0.2, -0.15) is 5.10 Å². The molecule has 3 nitrogen and oxygen atoms in total. The third kappa shape index (κ3) is 3.78. The summed E-state index contributed by atoms with van der Waals surface area (Å²) in [4.78, 5) is 4.58. The molecule has 6 heteroatoms. The van der Waals surface area contributed by atoms with E-state index in [0.29, 0.717) is 10.0 Å². The first kappa shape index (κ1) is 17.0. The fraction of sp³-hybridized carbons (Fsp3) is 0.111. The highest BCUT2D eigenvalue weighted by Gasteiger charge is 2.07. The second-order valence-corrected chi connectivity index (χ2v) is 7.01. The molecule has 1 heterocycles. The van der Waals surface area contributed by atoms with Crippen molar-refractivity contribution in [3.05, 3.63) is 68.5 Å². The third-order valence-corrected chi connectivity index (χ3v) is 5.09. The summed E-state index contributed by atoms with van der Waals surface area (Å²) in [5, 5.41) is 7.92. The summed E-state index contributed by atoms with van der Waals surface area (Å²) in [6, 6.07) is 11.8. The Kier molecular flexibility index (Phi) is 5.19. The zero-order valence-electron chi connectivity index (χ0n) is 13.2. The quantitative estimate of drug-likeness (QED) is 0.436.